The van der Waals surface area contributed by atoms with Gasteiger partial charge in [-0.15, -0.1) is 0 Å². The molecule has 0 saturated heterocycles. The molecule has 0 saturated carbocycles. The summed E-state index contributed by atoms with van der Waals surface area (Å²) in [5, 5.41) is 24.4. The van der Waals surface area contributed by atoms with Crippen LogP contribution in [0.5, 0.6) is 0 Å². The highest BCUT2D eigenvalue weighted by Crippen LogP contribution is 2.19. The number of hydrazone groups is 1. The molecule has 2 aromatic carbocycles. The quantitative estimate of drug-likeness (QED) is 0.185. The summed E-state index contributed by atoms with van der Waals surface area (Å²) >= 11 is 0. The van der Waals surface area contributed by atoms with E-state index in [9.17, 15) is 29.1 Å². The van der Waals surface area contributed by atoms with E-state index in [1.54, 1.807) is 6.07 Å². The molecule has 0 aliphatic carbocycles. The van der Waals surface area contributed by atoms with Crippen molar-refractivity contribution in [2.75, 3.05) is 10.7 Å². The maximum atomic E-state index is 12.5. The molecule has 0 unspecified atom stereocenters. The van der Waals surface area contributed by atoms with Crippen LogP contribution in [0.15, 0.2) is 46.3 Å². The van der Waals surface area contributed by atoms with Gasteiger partial charge in [0.05, 0.1) is 27.8 Å². The second kappa shape index (κ2) is 8.32. The number of carboxylic acids is 2. The fourth-order valence-electron chi connectivity index (χ4n) is 2.66. The molecule has 12 heteroatoms. The highest BCUT2D eigenvalue weighted by atomic mass is 16.4. The number of nitrogens with zero attached hydrogens (tertiary/aromatic N) is 1. The fourth-order valence-corrected chi connectivity index (χ4v) is 2.66. The van der Waals surface area contributed by atoms with Gasteiger partial charge in [0.2, 0.25) is 0 Å². The van der Waals surface area contributed by atoms with Crippen molar-refractivity contribution in [1.29, 1.82) is 0 Å². The number of nitrogens with one attached hydrogen (secondary N) is 4. The normalized spacial score (nSPS) is 11.2. The van der Waals surface area contributed by atoms with Gasteiger partial charge in [-0.2, -0.15) is 5.10 Å². The van der Waals surface area contributed by atoms with E-state index in [0.29, 0.717) is 11.0 Å². The maximum absolute atomic E-state index is 12.5. The van der Waals surface area contributed by atoms with E-state index in [-0.39, 0.29) is 16.9 Å². The molecule has 3 aromatic rings. The lowest BCUT2D eigenvalue weighted by atomic mass is 10.1. The highest BCUT2D eigenvalue weighted by Gasteiger charge is 2.19. The minimum atomic E-state index is -1.43. The number of hydrogen-bond donors (Lipinski definition) is 6. The summed E-state index contributed by atoms with van der Waals surface area (Å²) in [7, 11) is 0. The SMILES string of the molecule is CC(=O)/C(=N/Nc1ccc(C(=O)O)cc1C(=O)O)C(=O)Nc1ccc2[nH]c(=O)[nH]c2c1. The number of aromatic nitrogens is 2. The van der Waals surface area contributed by atoms with Crippen LogP contribution in [0, 0.1) is 0 Å². The minimum absolute atomic E-state index is 0.115. The summed E-state index contributed by atoms with van der Waals surface area (Å²) in [5.41, 5.74) is 1.81. The predicted molar refractivity (Wildman–Crippen MR) is 110 cm³/mol. The van der Waals surface area contributed by atoms with Gasteiger partial charge < -0.3 is 25.5 Å². The molecule has 12 nitrogen and oxygen atoms in total. The Kier molecular flexibility index (Phi) is 5.63. The fraction of sp³-hybridized carbons (Fsp3) is 0.0526. The number of carbonyl (C=O) groups is 4. The van der Waals surface area contributed by atoms with Crippen molar-refractivity contribution in [3.05, 3.63) is 58.0 Å². The van der Waals surface area contributed by atoms with Gasteiger partial charge in [-0.25, -0.2) is 14.4 Å². The number of carboxylic acid groups (broad SMARTS) is 2. The smallest absolute Gasteiger partial charge is 0.337 e. The van der Waals surface area contributed by atoms with Crippen LogP contribution in [0.4, 0.5) is 11.4 Å². The van der Waals surface area contributed by atoms with E-state index in [0.717, 1.165) is 25.1 Å². The van der Waals surface area contributed by atoms with Gasteiger partial charge in [-0.05, 0) is 36.4 Å². The Hall–Kier alpha value is -4.74. The van der Waals surface area contributed by atoms with Crippen molar-refractivity contribution in [3.8, 4) is 0 Å². The minimum Gasteiger partial charge on any atom is -0.478 e. The van der Waals surface area contributed by atoms with E-state index in [2.05, 4.69) is 25.8 Å². The average molecular weight is 425 g/mol. The highest BCUT2D eigenvalue weighted by molar-refractivity contribution is 6.67. The molecule has 0 radical (unpaired) electrons. The molecule has 1 heterocycles. The third kappa shape index (κ3) is 4.64. The predicted octanol–water partition coefficient (Wildman–Crippen LogP) is 1.25. The zero-order valence-corrected chi connectivity index (χ0v) is 15.8. The van der Waals surface area contributed by atoms with Crippen LogP contribution in [-0.4, -0.2) is 49.5 Å². The van der Waals surface area contributed by atoms with Crippen LogP contribution in [0.3, 0.4) is 0 Å². The lowest BCUT2D eigenvalue weighted by Gasteiger charge is -2.09. The lowest BCUT2D eigenvalue weighted by Crippen LogP contribution is -2.29. The Labute approximate surface area is 172 Å². The summed E-state index contributed by atoms with van der Waals surface area (Å²) < 4.78 is 0. The molecule has 1 aromatic heterocycles. The molecule has 0 atom stereocenters. The van der Waals surface area contributed by atoms with Gasteiger partial charge in [0.25, 0.3) is 5.91 Å². The van der Waals surface area contributed by atoms with Gasteiger partial charge in [-0.3, -0.25) is 15.0 Å². The van der Waals surface area contributed by atoms with Crippen molar-refractivity contribution in [2.45, 2.75) is 6.92 Å². The van der Waals surface area contributed by atoms with E-state index >= 15 is 0 Å². The second-order valence-electron chi connectivity index (χ2n) is 6.29. The third-order valence-corrected chi connectivity index (χ3v) is 4.11. The number of rotatable bonds is 7. The van der Waals surface area contributed by atoms with E-state index in [4.69, 9.17) is 5.11 Å². The van der Waals surface area contributed by atoms with Gasteiger partial charge >= 0.3 is 17.6 Å². The number of aromatic carboxylic acids is 2. The van der Waals surface area contributed by atoms with Gasteiger partial charge in [0.1, 0.15) is 0 Å². The number of imidazole rings is 1. The molecular weight excluding hydrogens is 410 g/mol. The standard InChI is InChI=1S/C19H15N5O7/c1-8(25)15(16(26)20-10-3-5-13-14(7-10)22-19(31)21-13)24-23-12-4-2-9(17(27)28)6-11(12)18(29)30/h2-7,23H,1H3,(H,20,26)(H,27,28)(H,29,30)(H2,21,22,31)/b24-15-. The van der Waals surface area contributed by atoms with Crippen LogP contribution in [0.2, 0.25) is 0 Å². The molecule has 0 spiro atoms. The number of H-pyrrole nitrogens is 2. The van der Waals surface area contributed by atoms with Gasteiger partial charge in [0, 0.05) is 12.6 Å². The molecule has 158 valence electrons. The number of Topliss-reactive ketones (excluding diaryl/α,β-unsaturated/α-hetero) is 1. The zero-order chi connectivity index (χ0) is 22.7. The Morgan fingerprint density at radius 2 is 1.65 bits per heavy atom. The number of aromatic amines is 2. The Balaban J connectivity index is 1.86. The maximum Gasteiger partial charge on any atom is 0.337 e. The van der Waals surface area contributed by atoms with Crippen LogP contribution >= 0.6 is 0 Å². The van der Waals surface area contributed by atoms with Crippen molar-refractivity contribution < 1.29 is 29.4 Å². The molecule has 0 aliphatic rings. The van der Waals surface area contributed by atoms with Crippen molar-refractivity contribution in [1.82, 2.24) is 9.97 Å². The first kappa shape index (κ1) is 21.0. The van der Waals surface area contributed by atoms with E-state index in [1.807, 2.05) is 0 Å². The van der Waals surface area contributed by atoms with E-state index < -0.39 is 40.6 Å². The van der Waals surface area contributed by atoms with Crippen molar-refractivity contribution in [2.24, 2.45) is 5.10 Å². The summed E-state index contributed by atoms with van der Waals surface area (Å²) in [4.78, 5) is 63.2. The Morgan fingerprint density at radius 3 is 2.29 bits per heavy atom. The van der Waals surface area contributed by atoms with Crippen LogP contribution in [0.1, 0.15) is 27.6 Å². The number of hydrogen-bond acceptors (Lipinski definition) is 7. The lowest BCUT2D eigenvalue weighted by molar-refractivity contribution is -0.114. The molecular formula is C19H15N5O7. The number of benzene rings is 2. The monoisotopic (exact) mass is 425 g/mol. The van der Waals surface area contributed by atoms with Gasteiger partial charge in [0.15, 0.2) is 11.5 Å². The summed E-state index contributed by atoms with van der Waals surface area (Å²) in [6.45, 7) is 1.10. The molecule has 0 aliphatic heterocycles. The Bertz CT molecular complexity index is 1320. The van der Waals surface area contributed by atoms with E-state index in [1.165, 1.54) is 12.1 Å². The third-order valence-electron chi connectivity index (χ3n) is 4.11. The number of fused-ring (bicyclic) bond motifs is 1. The number of anilines is 2. The topological polar surface area (TPSA) is 194 Å². The first-order valence-electron chi connectivity index (χ1n) is 8.64. The molecule has 0 fully saturated rings. The summed E-state index contributed by atoms with van der Waals surface area (Å²) in [6, 6.07) is 7.75. The van der Waals surface area contributed by atoms with Crippen molar-refractivity contribution in [3.63, 3.8) is 0 Å². The number of ketones is 1. The first-order chi connectivity index (χ1) is 14.7. The summed E-state index contributed by atoms with van der Waals surface area (Å²) in [5.74, 6) is -4.33. The molecule has 0 bridgehead atoms. The van der Waals surface area contributed by atoms with Crippen molar-refractivity contribution >= 4 is 51.7 Å². The second-order valence-corrected chi connectivity index (χ2v) is 6.29. The number of amides is 1. The molecule has 3 rings (SSSR count). The molecule has 31 heavy (non-hydrogen) atoms. The Morgan fingerprint density at radius 1 is 0.935 bits per heavy atom. The molecule has 1 amide bonds. The van der Waals surface area contributed by atoms with Gasteiger partial charge in [-0.1, -0.05) is 0 Å². The molecule has 6 N–H and O–H groups in total. The van der Waals surface area contributed by atoms with Crippen LogP contribution < -0.4 is 16.4 Å². The van der Waals surface area contributed by atoms with Crippen LogP contribution in [-0.2, 0) is 9.59 Å². The first-order valence-corrected chi connectivity index (χ1v) is 8.64. The summed E-state index contributed by atoms with van der Waals surface area (Å²) in [6.07, 6.45) is 0. The van der Waals surface area contributed by atoms with Crippen LogP contribution in [0.25, 0.3) is 11.0 Å². The zero-order valence-electron chi connectivity index (χ0n) is 15.8. The number of carbonyl (C=O) groups excluding carboxylic acids is 2. The largest absolute Gasteiger partial charge is 0.478 e. The average Bonchev–Trinajstić information content (AvgIpc) is 3.06.